The molecule has 0 radical (unpaired) electrons. The summed E-state index contributed by atoms with van der Waals surface area (Å²) in [5, 5.41) is 0. The molecule has 1 unspecified atom stereocenters. The summed E-state index contributed by atoms with van der Waals surface area (Å²) in [6.45, 7) is 4.01. The van der Waals surface area contributed by atoms with Gasteiger partial charge in [-0.1, -0.05) is 0 Å². The molecule has 0 bridgehead atoms. The first-order chi connectivity index (χ1) is 11.4. The summed E-state index contributed by atoms with van der Waals surface area (Å²) >= 11 is 0. The van der Waals surface area contributed by atoms with Crippen LogP contribution in [0.15, 0.2) is 30.6 Å². The molecule has 2 aliphatic rings. The van der Waals surface area contributed by atoms with Crippen LogP contribution in [-0.4, -0.2) is 36.0 Å². The Balaban J connectivity index is 1.50. The Hall–Kier alpha value is -2.01. The lowest BCUT2D eigenvalue weighted by Crippen LogP contribution is -2.19. The number of benzene rings is 1. The van der Waals surface area contributed by atoms with Crippen molar-refractivity contribution < 1.29 is 14.2 Å². The highest BCUT2D eigenvalue weighted by molar-refractivity contribution is 5.61. The van der Waals surface area contributed by atoms with Gasteiger partial charge < -0.3 is 18.8 Å². The summed E-state index contributed by atoms with van der Waals surface area (Å²) in [4.78, 5) is 4.53. The van der Waals surface area contributed by atoms with E-state index in [1.807, 2.05) is 18.3 Å². The standard InChI is InChI=1S/C18H22N2O3/c1-2-14(13-21-9-1)5-7-20-8-6-19-18(20)15-3-4-16-17(12-15)23-11-10-22-16/h3-4,6,8,12,14H,1-2,5,7,9-11,13H2. The second kappa shape index (κ2) is 6.62. The Bertz CT molecular complexity index is 662. The zero-order valence-corrected chi connectivity index (χ0v) is 13.2. The molecule has 0 aliphatic carbocycles. The summed E-state index contributed by atoms with van der Waals surface area (Å²) in [5.41, 5.74) is 1.07. The van der Waals surface area contributed by atoms with E-state index in [2.05, 4.69) is 21.8 Å². The Morgan fingerprint density at radius 1 is 1.13 bits per heavy atom. The molecule has 0 saturated carbocycles. The maximum atomic E-state index is 5.68. The Labute approximate surface area is 136 Å². The van der Waals surface area contributed by atoms with Crippen LogP contribution in [-0.2, 0) is 11.3 Å². The number of hydrogen-bond donors (Lipinski definition) is 0. The van der Waals surface area contributed by atoms with Crippen molar-refractivity contribution in [3.63, 3.8) is 0 Å². The van der Waals surface area contributed by atoms with Crippen molar-refractivity contribution in [1.82, 2.24) is 9.55 Å². The highest BCUT2D eigenvalue weighted by Crippen LogP contribution is 2.34. The predicted molar refractivity (Wildman–Crippen MR) is 86.8 cm³/mol. The van der Waals surface area contributed by atoms with Gasteiger partial charge in [0, 0.05) is 37.7 Å². The van der Waals surface area contributed by atoms with Crippen LogP contribution >= 0.6 is 0 Å². The quantitative estimate of drug-likeness (QED) is 0.870. The first-order valence-corrected chi connectivity index (χ1v) is 8.39. The molecule has 1 aromatic carbocycles. The molecular weight excluding hydrogens is 292 g/mol. The van der Waals surface area contributed by atoms with Crippen molar-refractivity contribution in [3.8, 4) is 22.9 Å². The van der Waals surface area contributed by atoms with E-state index in [4.69, 9.17) is 14.2 Å². The zero-order valence-electron chi connectivity index (χ0n) is 13.2. The number of nitrogens with zero attached hydrogens (tertiary/aromatic N) is 2. The van der Waals surface area contributed by atoms with Crippen LogP contribution in [0.25, 0.3) is 11.4 Å². The number of rotatable bonds is 4. The third-order valence-electron chi connectivity index (χ3n) is 4.55. The molecule has 0 N–H and O–H groups in total. The minimum atomic E-state index is 0.604. The van der Waals surface area contributed by atoms with Crippen LogP contribution < -0.4 is 9.47 Å². The average Bonchev–Trinajstić information content (AvgIpc) is 3.09. The predicted octanol–water partition coefficient (Wildman–Crippen LogP) is 3.14. The average molecular weight is 314 g/mol. The molecule has 1 atom stereocenters. The lowest BCUT2D eigenvalue weighted by Gasteiger charge is -2.22. The van der Waals surface area contributed by atoms with Gasteiger partial charge in [-0.2, -0.15) is 0 Å². The molecule has 5 heteroatoms. The minimum absolute atomic E-state index is 0.604. The summed E-state index contributed by atoms with van der Waals surface area (Å²) in [5.74, 6) is 3.28. The fraction of sp³-hybridized carbons (Fsp3) is 0.500. The number of fused-ring (bicyclic) bond motifs is 1. The summed E-state index contributed by atoms with van der Waals surface area (Å²) < 4.78 is 19.1. The van der Waals surface area contributed by atoms with Crippen LogP contribution in [0.5, 0.6) is 11.5 Å². The number of imidazole rings is 1. The van der Waals surface area contributed by atoms with Gasteiger partial charge in [0.05, 0.1) is 0 Å². The lowest BCUT2D eigenvalue weighted by molar-refractivity contribution is 0.0501. The molecule has 1 aromatic heterocycles. The minimum Gasteiger partial charge on any atom is -0.486 e. The van der Waals surface area contributed by atoms with E-state index in [-0.39, 0.29) is 0 Å². The number of aromatic nitrogens is 2. The van der Waals surface area contributed by atoms with E-state index in [9.17, 15) is 0 Å². The van der Waals surface area contributed by atoms with Crippen molar-refractivity contribution in [2.45, 2.75) is 25.8 Å². The molecule has 122 valence electrons. The van der Waals surface area contributed by atoms with Gasteiger partial charge in [-0.25, -0.2) is 4.98 Å². The first-order valence-electron chi connectivity index (χ1n) is 8.39. The van der Waals surface area contributed by atoms with Crippen molar-refractivity contribution in [2.24, 2.45) is 5.92 Å². The summed E-state index contributed by atoms with van der Waals surface area (Å²) in [7, 11) is 0. The van der Waals surface area contributed by atoms with E-state index in [1.54, 1.807) is 0 Å². The third-order valence-corrected chi connectivity index (χ3v) is 4.55. The van der Waals surface area contributed by atoms with E-state index in [1.165, 1.54) is 12.8 Å². The maximum absolute atomic E-state index is 5.68. The first kappa shape index (κ1) is 14.6. The van der Waals surface area contributed by atoms with Crippen LogP contribution in [0.2, 0.25) is 0 Å². The molecule has 23 heavy (non-hydrogen) atoms. The highest BCUT2D eigenvalue weighted by Gasteiger charge is 2.17. The van der Waals surface area contributed by atoms with Crippen LogP contribution in [0.3, 0.4) is 0 Å². The van der Waals surface area contributed by atoms with Gasteiger partial charge in [0.25, 0.3) is 0 Å². The van der Waals surface area contributed by atoms with Gasteiger partial charge in [-0.15, -0.1) is 0 Å². The monoisotopic (exact) mass is 314 g/mol. The van der Waals surface area contributed by atoms with E-state index in [0.29, 0.717) is 19.1 Å². The smallest absolute Gasteiger partial charge is 0.162 e. The number of ether oxygens (including phenoxy) is 3. The van der Waals surface area contributed by atoms with Crippen molar-refractivity contribution in [1.29, 1.82) is 0 Å². The second-order valence-corrected chi connectivity index (χ2v) is 6.17. The molecule has 4 rings (SSSR count). The number of aryl methyl sites for hydroxylation is 1. The van der Waals surface area contributed by atoms with Crippen LogP contribution in [0.4, 0.5) is 0 Å². The SMILES string of the molecule is c1cn(CCC2CCCOC2)c(-c2ccc3c(c2)OCCO3)n1. The maximum Gasteiger partial charge on any atom is 0.162 e. The van der Waals surface area contributed by atoms with Crippen molar-refractivity contribution >= 4 is 0 Å². The largest absolute Gasteiger partial charge is 0.486 e. The molecule has 3 heterocycles. The molecule has 0 spiro atoms. The highest BCUT2D eigenvalue weighted by atomic mass is 16.6. The topological polar surface area (TPSA) is 45.5 Å². The van der Waals surface area contributed by atoms with Crippen LogP contribution in [0, 0.1) is 5.92 Å². The third kappa shape index (κ3) is 3.20. The van der Waals surface area contributed by atoms with Gasteiger partial charge in [-0.05, 0) is 43.4 Å². The van der Waals surface area contributed by atoms with Crippen LogP contribution in [0.1, 0.15) is 19.3 Å². The number of hydrogen-bond acceptors (Lipinski definition) is 4. The zero-order chi connectivity index (χ0) is 15.5. The van der Waals surface area contributed by atoms with Gasteiger partial charge in [-0.3, -0.25) is 0 Å². The van der Waals surface area contributed by atoms with E-state index >= 15 is 0 Å². The molecular formula is C18H22N2O3. The van der Waals surface area contributed by atoms with Crippen molar-refractivity contribution in [3.05, 3.63) is 30.6 Å². The molecule has 5 nitrogen and oxygen atoms in total. The second-order valence-electron chi connectivity index (χ2n) is 6.17. The van der Waals surface area contributed by atoms with Crippen molar-refractivity contribution in [2.75, 3.05) is 26.4 Å². The lowest BCUT2D eigenvalue weighted by atomic mass is 9.98. The van der Waals surface area contributed by atoms with Gasteiger partial charge in [0.2, 0.25) is 0 Å². The summed E-state index contributed by atoms with van der Waals surface area (Å²) in [6.07, 6.45) is 7.50. The van der Waals surface area contributed by atoms with Gasteiger partial charge in [0.1, 0.15) is 19.0 Å². The molecule has 1 saturated heterocycles. The normalized spacial score (nSPS) is 20.4. The molecule has 2 aromatic rings. The Morgan fingerprint density at radius 3 is 2.91 bits per heavy atom. The Kier molecular flexibility index (Phi) is 4.20. The fourth-order valence-electron chi connectivity index (χ4n) is 3.29. The Morgan fingerprint density at radius 2 is 2.04 bits per heavy atom. The molecule has 2 aliphatic heterocycles. The van der Waals surface area contributed by atoms with E-state index in [0.717, 1.165) is 49.1 Å². The molecule has 1 fully saturated rings. The van der Waals surface area contributed by atoms with E-state index < -0.39 is 0 Å². The fourth-order valence-corrected chi connectivity index (χ4v) is 3.29. The van der Waals surface area contributed by atoms with Gasteiger partial charge >= 0.3 is 0 Å². The van der Waals surface area contributed by atoms with Gasteiger partial charge in [0.15, 0.2) is 11.5 Å². The summed E-state index contributed by atoms with van der Waals surface area (Å²) in [6, 6.07) is 6.05. The molecule has 0 amide bonds.